The minimum Gasteiger partial charge on any atom is -0.384 e. The second-order valence-corrected chi connectivity index (χ2v) is 10.8. The third kappa shape index (κ3) is 4.83. The maximum atomic E-state index is 13.1. The molecule has 1 saturated carbocycles. The van der Waals surface area contributed by atoms with Crippen molar-refractivity contribution in [1.82, 2.24) is 10.2 Å². The van der Waals surface area contributed by atoms with Crippen molar-refractivity contribution in [3.8, 4) is 0 Å². The summed E-state index contributed by atoms with van der Waals surface area (Å²) in [4.78, 5) is 27.4. The molecule has 5 nitrogen and oxygen atoms in total. The normalized spacial score (nSPS) is 24.7. The average molecular weight is 435 g/mol. The third-order valence-corrected chi connectivity index (χ3v) is 7.16. The molecule has 0 spiro atoms. The monoisotopic (exact) mass is 434 g/mol. The molecule has 166 valence electrons. The largest absolute Gasteiger partial charge is 0.384 e. The highest BCUT2D eigenvalue weighted by Crippen LogP contribution is 2.46. The maximum Gasteiger partial charge on any atom is 0.224 e. The highest BCUT2D eigenvalue weighted by Gasteiger charge is 2.49. The number of rotatable bonds is 5. The summed E-state index contributed by atoms with van der Waals surface area (Å²) in [5.41, 5.74) is -1.31. The molecule has 2 N–H and O–H groups in total. The molecule has 0 aromatic heterocycles. The van der Waals surface area contributed by atoms with Crippen LogP contribution in [0.1, 0.15) is 71.8 Å². The summed E-state index contributed by atoms with van der Waals surface area (Å²) in [6.45, 7) is 8.75. The van der Waals surface area contributed by atoms with Gasteiger partial charge in [-0.05, 0) is 50.8 Å². The number of piperidine rings is 1. The molecular weight excluding hydrogens is 400 g/mol. The molecular formula is C24H35ClN2O3. The number of halogens is 1. The molecule has 0 unspecified atom stereocenters. The molecule has 0 bridgehead atoms. The zero-order valence-corrected chi connectivity index (χ0v) is 19.4. The molecule has 1 saturated heterocycles. The zero-order chi connectivity index (χ0) is 22.2. The minimum absolute atomic E-state index is 0.0120. The fourth-order valence-electron chi connectivity index (χ4n) is 4.95. The van der Waals surface area contributed by atoms with Crippen LogP contribution < -0.4 is 5.32 Å². The first kappa shape index (κ1) is 23.1. The highest BCUT2D eigenvalue weighted by atomic mass is 35.5. The fraction of sp³-hybridized carbons (Fsp3) is 0.667. The van der Waals surface area contributed by atoms with Crippen LogP contribution in [0.4, 0.5) is 0 Å². The third-order valence-electron chi connectivity index (χ3n) is 6.90. The van der Waals surface area contributed by atoms with Gasteiger partial charge in [-0.15, -0.1) is 0 Å². The Kier molecular flexibility index (Phi) is 6.54. The van der Waals surface area contributed by atoms with E-state index < -0.39 is 16.6 Å². The van der Waals surface area contributed by atoms with E-state index in [0.29, 0.717) is 24.5 Å². The van der Waals surface area contributed by atoms with Crippen LogP contribution in [0.2, 0.25) is 5.02 Å². The Morgan fingerprint density at radius 3 is 2.37 bits per heavy atom. The lowest BCUT2D eigenvalue weighted by molar-refractivity contribution is -0.154. The Labute approximate surface area is 185 Å². The summed E-state index contributed by atoms with van der Waals surface area (Å²) in [6, 6.07) is 7.31. The summed E-state index contributed by atoms with van der Waals surface area (Å²) in [7, 11) is 0. The maximum absolute atomic E-state index is 13.1. The van der Waals surface area contributed by atoms with Crippen LogP contribution in [0.15, 0.2) is 24.3 Å². The van der Waals surface area contributed by atoms with Gasteiger partial charge >= 0.3 is 0 Å². The van der Waals surface area contributed by atoms with E-state index in [0.717, 1.165) is 31.2 Å². The number of likely N-dealkylation sites (tertiary alicyclic amines) is 1. The first-order chi connectivity index (χ1) is 13.9. The van der Waals surface area contributed by atoms with Crippen molar-refractivity contribution in [3.05, 3.63) is 34.9 Å². The van der Waals surface area contributed by atoms with Gasteiger partial charge in [-0.3, -0.25) is 9.59 Å². The van der Waals surface area contributed by atoms with E-state index in [1.807, 2.05) is 44.7 Å². The van der Waals surface area contributed by atoms with Gasteiger partial charge in [0.2, 0.25) is 11.8 Å². The van der Waals surface area contributed by atoms with Crippen molar-refractivity contribution >= 4 is 23.4 Å². The predicted octanol–water partition coefficient (Wildman–Crippen LogP) is 4.26. The van der Waals surface area contributed by atoms with Gasteiger partial charge in [-0.25, -0.2) is 0 Å². The summed E-state index contributed by atoms with van der Waals surface area (Å²) in [5.74, 6) is 0.169. The SMILES string of the molecule is CC(C)(CC(=O)N1CC[C@](O)(c2ccc(Cl)cc2)C(C)(C)C1)NC(=O)C1CCCC1. The molecule has 1 aliphatic heterocycles. The van der Waals surface area contributed by atoms with Crippen molar-refractivity contribution in [3.63, 3.8) is 0 Å². The molecule has 2 fully saturated rings. The topological polar surface area (TPSA) is 69.6 Å². The molecule has 1 atom stereocenters. The van der Waals surface area contributed by atoms with Crippen LogP contribution >= 0.6 is 11.6 Å². The highest BCUT2D eigenvalue weighted by molar-refractivity contribution is 6.30. The molecule has 2 amide bonds. The Morgan fingerprint density at radius 1 is 1.20 bits per heavy atom. The van der Waals surface area contributed by atoms with Crippen LogP contribution in [-0.4, -0.2) is 40.4 Å². The Morgan fingerprint density at radius 2 is 1.80 bits per heavy atom. The van der Waals surface area contributed by atoms with E-state index in [1.165, 1.54) is 0 Å². The lowest BCUT2D eigenvalue weighted by Gasteiger charge is -2.51. The van der Waals surface area contributed by atoms with Crippen molar-refractivity contribution in [2.24, 2.45) is 11.3 Å². The predicted molar refractivity (Wildman–Crippen MR) is 119 cm³/mol. The second-order valence-electron chi connectivity index (χ2n) is 10.3. The molecule has 1 aliphatic carbocycles. The van der Waals surface area contributed by atoms with E-state index in [-0.39, 0.29) is 24.2 Å². The molecule has 6 heteroatoms. The molecule has 1 heterocycles. The number of carbonyl (C=O) groups is 2. The van der Waals surface area contributed by atoms with Gasteiger partial charge in [0.05, 0.1) is 5.60 Å². The lowest BCUT2D eigenvalue weighted by atomic mass is 9.66. The van der Waals surface area contributed by atoms with Gasteiger partial charge in [-0.1, -0.05) is 50.4 Å². The Hall–Kier alpha value is -1.59. The number of amides is 2. The zero-order valence-electron chi connectivity index (χ0n) is 18.6. The Bertz CT molecular complexity index is 784. The van der Waals surface area contributed by atoms with E-state index in [4.69, 9.17) is 11.6 Å². The fourth-order valence-corrected chi connectivity index (χ4v) is 5.08. The molecule has 3 rings (SSSR count). The number of nitrogens with one attached hydrogen (secondary N) is 1. The number of nitrogens with zero attached hydrogens (tertiary/aromatic N) is 1. The van der Waals surface area contributed by atoms with Crippen LogP contribution in [0.25, 0.3) is 0 Å². The van der Waals surface area contributed by atoms with Gasteiger partial charge < -0.3 is 15.3 Å². The van der Waals surface area contributed by atoms with Gasteiger partial charge in [0.1, 0.15) is 0 Å². The number of aliphatic hydroxyl groups is 1. The molecule has 0 radical (unpaired) electrons. The van der Waals surface area contributed by atoms with Crippen molar-refractivity contribution in [1.29, 1.82) is 0 Å². The molecule has 30 heavy (non-hydrogen) atoms. The van der Waals surface area contributed by atoms with E-state index in [9.17, 15) is 14.7 Å². The van der Waals surface area contributed by atoms with Gasteiger partial charge in [0.25, 0.3) is 0 Å². The molecule has 2 aliphatic rings. The molecule has 1 aromatic carbocycles. The van der Waals surface area contributed by atoms with Crippen LogP contribution in [0.5, 0.6) is 0 Å². The van der Waals surface area contributed by atoms with Crippen molar-refractivity contribution in [2.45, 2.75) is 77.4 Å². The first-order valence-electron chi connectivity index (χ1n) is 11.0. The van der Waals surface area contributed by atoms with E-state index in [1.54, 1.807) is 12.1 Å². The first-order valence-corrected chi connectivity index (χ1v) is 11.4. The molecule has 1 aromatic rings. The lowest BCUT2D eigenvalue weighted by Crippen LogP contribution is -2.58. The number of carbonyl (C=O) groups excluding carboxylic acids is 2. The van der Waals surface area contributed by atoms with Gasteiger partial charge in [0, 0.05) is 41.4 Å². The Balaban J connectivity index is 1.64. The number of hydrogen-bond acceptors (Lipinski definition) is 3. The average Bonchev–Trinajstić information content (AvgIpc) is 3.18. The summed E-state index contributed by atoms with van der Waals surface area (Å²) in [5, 5.41) is 15.2. The van der Waals surface area contributed by atoms with Gasteiger partial charge in [0.15, 0.2) is 0 Å². The van der Waals surface area contributed by atoms with Gasteiger partial charge in [-0.2, -0.15) is 0 Å². The smallest absolute Gasteiger partial charge is 0.224 e. The minimum atomic E-state index is -1.03. The van der Waals surface area contributed by atoms with Crippen molar-refractivity contribution < 1.29 is 14.7 Å². The quantitative estimate of drug-likeness (QED) is 0.727. The summed E-state index contributed by atoms with van der Waals surface area (Å²) < 4.78 is 0. The second kappa shape index (κ2) is 8.51. The van der Waals surface area contributed by atoms with Crippen LogP contribution in [0.3, 0.4) is 0 Å². The van der Waals surface area contributed by atoms with E-state index in [2.05, 4.69) is 5.32 Å². The standard InChI is InChI=1S/C24H35ClN2O3/c1-22(2)16-27(14-13-24(22,30)18-9-11-19(25)12-10-18)20(28)15-23(3,4)26-21(29)17-7-5-6-8-17/h9-12,17,30H,5-8,13-16H2,1-4H3,(H,26,29)/t24-/m0/s1. The van der Waals surface area contributed by atoms with Crippen LogP contribution in [0, 0.1) is 11.3 Å². The van der Waals surface area contributed by atoms with Crippen molar-refractivity contribution in [2.75, 3.05) is 13.1 Å². The summed E-state index contributed by atoms with van der Waals surface area (Å²) >= 11 is 6.01. The van der Waals surface area contributed by atoms with E-state index >= 15 is 0 Å². The summed E-state index contributed by atoms with van der Waals surface area (Å²) in [6.07, 6.45) is 4.82. The van der Waals surface area contributed by atoms with Crippen LogP contribution in [-0.2, 0) is 15.2 Å². The number of hydrogen-bond donors (Lipinski definition) is 2. The number of benzene rings is 1.